The highest BCUT2D eigenvalue weighted by Crippen LogP contribution is 2.71. The van der Waals surface area contributed by atoms with Crippen LogP contribution < -0.4 is 5.63 Å². The molecule has 4 fully saturated rings. The Morgan fingerprint density at radius 1 is 1.06 bits per heavy atom. The van der Waals surface area contributed by atoms with Crippen molar-refractivity contribution >= 4 is 12.3 Å². The number of aliphatic hydroxyl groups is 2. The minimum atomic E-state index is -1.25. The van der Waals surface area contributed by atoms with E-state index in [1.807, 2.05) is 19.9 Å². The summed E-state index contributed by atoms with van der Waals surface area (Å²) in [7, 11) is 0. The van der Waals surface area contributed by atoms with Gasteiger partial charge in [-0.1, -0.05) is 12.5 Å². The van der Waals surface area contributed by atoms with Gasteiger partial charge in [-0.3, -0.25) is 0 Å². The van der Waals surface area contributed by atoms with Crippen molar-refractivity contribution in [2.24, 2.45) is 22.7 Å². The maximum Gasteiger partial charge on any atom is 0.335 e. The van der Waals surface area contributed by atoms with Crippen LogP contribution in [0.4, 0.5) is 0 Å². The highest BCUT2D eigenvalue weighted by molar-refractivity contribution is 5.82. The molecule has 4 saturated carbocycles. The first-order chi connectivity index (χ1) is 17.0. The Balaban J connectivity index is 1.42. The third kappa shape index (κ3) is 3.57. The van der Waals surface area contributed by atoms with Crippen LogP contribution in [0.1, 0.15) is 90.0 Å². The first-order valence-corrected chi connectivity index (χ1v) is 13.3. The fourth-order valence-corrected chi connectivity index (χ4v) is 8.77. The van der Waals surface area contributed by atoms with Crippen LogP contribution in [0.25, 0.3) is 0 Å². The van der Waals surface area contributed by atoms with Gasteiger partial charge in [0.2, 0.25) is 0 Å². The normalized spacial score (nSPS) is 43.5. The Labute approximate surface area is 211 Å². The molecule has 0 spiro atoms. The van der Waals surface area contributed by atoms with E-state index in [0.29, 0.717) is 32.1 Å². The van der Waals surface area contributed by atoms with Gasteiger partial charge in [0.25, 0.3) is 0 Å². The SMILES string of the molecule is CC(C)=CC(=O)O[C@H]1CC[C@]2(C=O)[C@H]3CC[C@]4(C)[C@@H](c5ccc(=O)oc5)CC[C@]4(O)[C@@H]3CC[C@]2(O)C1. The molecule has 0 saturated heterocycles. The van der Waals surface area contributed by atoms with Crippen LogP contribution in [0.15, 0.2) is 39.3 Å². The van der Waals surface area contributed by atoms with E-state index < -0.39 is 34.1 Å². The first-order valence-electron chi connectivity index (χ1n) is 13.3. The van der Waals surface area contributed by atoms with Crippen molar-refractivity contribution < 1.29 is 29.0 Å². The molecule has 1 aromatic rings. The van der Waals surface area contributed by atoms with Gasteiger partial charge < -0.3 is 24.2 Å². The minimum Gasteiger partial charge on any atom is -0.459 e. The largest absolute Gasteiger partial charge is 0.459 e. The number of fused-ring (bicyclic) bond motifs is 5. The van der Waals surface area contributed by atoms with E-state index in [1.165, 1.54) is 18.4 Å². The zero-order valence-corrected chi connectivity index (χ0v) is 21.5. The Bertz CT molecular complexity index is 1110. The van der Waals surface area contributed by atoms with E-state index in [2.05, 4.69) is 6.92 Å². The number of carbonyl (C=O) groups excluding carboxylic acids is 2. The molecule has 7 heteroatoms. The lowest BCUT2D eigenvalue weighted by molar-refractivity contribution is -0.248. The average molecular weight is 499 g/mol. The number of carbonyl (C=O) groups is 2. The molecule has 4 aliphatic carbocycles. The number of hydrogen-bond acceptors (Lipinski definition) is 7. The van der Waals surface area contributed by atoms with Crippen LogP contribution in [0, 0.1) is 22.7 Å². The second kappa shape index (κ2) is 8.66. The van der Waals surface area contributed by atoms with Crippen molar-refractivity contribution in [3.05, 3.63) is 46.0 Å². The summed E-state index contributed by atoms with van der Waals surface area (Å²) in [5.41, 5.74) is -2.20. The summed E-state index contributed by atoms with van der Waals surface area (Å²) in [5.74, 6) is -0.584. The molecule has 7 nitrogen and oxygen atoms in total. The molecule has 4 aliphatic rings. The molecule has 36 heavy (non-hydrogen) atoms. The van der Waals surface area contributed by atoms with Gasteiger partial charge in [-0.05, 0) is 94.6 Å². The summed E-state index contributed by atoms with van der Waals surface area (Å²) in [6.45, 7) is 5.80. The Morgan fingerprint density at radius 2 is 1.81 bits per heavy atom. The van der Waals surface area contributed by atoms with E-state index >= 15 is 0 Å². The fourth-order valence-electron chi connectivity index (χ4n) is 8.77. The van der Waals surface area contributed by atoms with Crippen molar-refractivity contribution in [1.82, 2.24) is 0 Å². The van der Waals surface area contributed by atoms with Crippen molar-refractivity contribution in [3.8, 4) is 0 Å². The summed E-state index contributed by atoms with van der Waals surface area (Å²) in [4.78, 5) is 36.6. The average Bonchev–Trinajstić information content (AvgIpc) is 3.09. The van der Waals surface area contributed by atoms with E-state index in [-0.39, 0.29) is 29.8 Å². The molecule has 196 valence electrons. The summed E-state index contributed by atoms with van der Waals surface area (Å²) < 4.78 is 10.8. The van der Waals surface area contributed by atoms with E-state index in [1.54, 1.807) is 0 Å². The molecule has 1 heterocycles. The second-order valence-electron chi connectivity index (χ2n) is 12.3. The Hall–Kier alpha value is -2.25. The van der Waals surface area contributed by atoms with Gasteiger partial charge in [0.05, 0.1) is 22.9 Å². The monoisotopic (exact) mass is 498 g/mol. The molecule has 5 rings (SSSR count). The van der Waals surface area contributed by atoms with E-state index in [4.69, 9.17) is 9.15 Å². The number of aldehydes is 1. The van der Waals surface area contributed by atoms with Crippen LogP contribution in [0.2, 0.25) is 0 Å². The zero-order chi connectivity index (χ0) is 25.9. The first kappa shape index (κ1) is 25.4. The number of hydrogen-bond donors (Lipinski definition) is 2. The molecule has 2 N–H and O–H groups in total. The summed E-state index contributed by atoms with van der Waals surface area (Å²) in [6.07, 6.45) is 8.60. The molecular formula is C29H38O7. The molecule has 0 unspecified atom stereocenters. The molecule has 8 atom stereocenters. The molecule has 0 radical (unpaired) electrons. The van der Waals surface area contributed by atoms with Gasteiger partial charge >= 0.3 is 11.6 Å². The zero-order valence-electron chi connectivity index (χ0n) is 21.5. The summed E-state index contributed by atoms with van der Waals surface area (Å²) in [5, 5.41) is 24.3. The third-order valence-corrected chi connectivity index (χ3v) is 10.5. The lowest BCUT2D eigenvalue weighted by Crippen LogP contribution is -2.68. The fraction of sp³-hybridized carbons (Fsp3) is 0.690. The number of ether oxygens (including phenoxy) is 1. The topological polar surface area (TPSA) is 114 Å². The van der Waals surface area contributed by atoms with Crippen molar-refractivity contribution in [3.63, 3.8) is 0 Å². The molecule has 0 amide bonds. The van der Waals surface area contributed by atoms with Crippen LogP contribution in [-0.4, -0.2) is 39.8 Å². The second-order valence-corrected chi connectivity index (χ2v) is 12.3. The molecule has 0 bridgehead atoms. The van der Waals surface area contributed by atoms with Crippen LogP contribution >= 0.6 is 0 Å². The lowest BCUT2D eigenvalue weighted by Gasteiger charge is -2.65. The van der Waals surface area contributed by atoms with Crippen molar-refractivity contribution in [1.29, 1.82) is 0 Å². The van der Waals surface area contributed by atoms with Gasteiger partial charge in [-0.2, -0.15) is 0 Å². The van der Waals surface area contributed by atoms with Gasteiger partial charge in [0, 0.05) is 24.0 Å². The van der Waals surface area contributed by atoms with Crippen LogP contribution in [0.3, 0.4) is 0 Å². The summed E-state index contributed by atoms with van der Waals surface area (Å²) in [6, 6.07) is 3.25. The molecule has 1 aromatic heterocycles. The number of rotatable bonds is 4. The number of allylic oxidation sites excluding steroid dienone is 1. The quantitative estimate of drug-likeness (QED) is 0.366. The molecular weight excluding hydrogens is 460 g/mol. The standard InChI is InChI=1S/C29H38O7/c1-18(2)14-25(32)36-20-6-11-27(17-30)22-7-10-26(3)21(19-4-5-24(31)35-16-19)9-13-29(26,34)23(22)8-12-28(27,33)15-20/h4-5,14,16-17,20-23,33-34H,6-13,15H2,1-3H3/t20-,21+,22-,23+,26+,27-,28-,29-/m0/s1. The Kier molecular flexibility index (Phi) is 6.11. The van der Waals surface area contributed by atoms with Gasteiger partial charge in [0.1, 0.15) is 12.4 Å². The predicted octanol–water partition coefficient (Wildman–Crippen LogP) is 4.05. The predicted molar refractivity (Wildman–Crippen MR) is 132 cm³/mol. The Morgan fingerprint density at radius 3 is 2.47 bits per heavy atom. The van der Waals surface area contributed by atoms with E-state index in [9.17, 15) is 24.6 Å². The van der Waals surface area contributed by atoms with Gasteiger partial charge in [-0.15, -0.1) is 0 Å². The van der Waals surface area contributed by atoms with Gasteiger partial charge in [0.15, 0.2) is 0 Å². The van der Waals surface area contributed by atoms with Crippen LogP contribution in [-0.2, 0) is 14.3 Å². The maximum absolute atomic E-state index is 12.8. The van der Waals surface area contributed by atoms with E-state index in [0.717, 1.165) is 36.7 Å². The molecule has 0 aromatic carbocycles. The summed E-state index contributed by atoms with van der Waals surface area (Å²) >= 11 is 0. The third-order valence-electron chi connectivity index (χ3n) is 10.5. The smallest absolute Gasteiger partial charge is 0.335 e. The highest BCUT2D eigenvalue weighted by Gasteiger charge is 2.71. The van der Waals surface area contributed by atoms with Gasteiger partial charge in [-0.25, -0.2) is 9.59 Å². The minimum absolute atomic E-state index is 0.0611. The molecule has 0 aliphatic heterocycles. The maximum atomic E-state index is 12.8. The lowest BCUT2D eigenvalue weighted by atomic mass is 9.41. The number of esters is 1. The van der Waals surface area contributed by atoms with Crippen molar-refractivity contribution in [2.75, 3.05) is 0 Å². The van der Waals surface area contributed by atoms with Crippen molar-refractivity contribution in [2.45, 2.75) is 102 Å². The van der Waals surface area contributed by atoms with Crippen LogP contribution in [0.5, 0.6) is 0 Å². The highest BCUT2D eigenvalue weighted by atomic mass is 16.5.